The number of hydrogen-bond donors (Lipinski definition) is 3. The lowest BCUT2D eigenvalue weighted by Gasteiger charge is -2.30. The van der Waals surface area contributed by atoms with Gasteiger partial charge in [-0.25, -0.2) is 0 Å². The second-order valence-corrected chi connectivity index (χ2v) is 6.17. The first-order valence-electron chi connectivity index (χ1n) is 7.82. The van der Waals surface area contributed by atoms with Crippen LogP contribution >= 0.6 is 0 Å². The van der Waals surface area contributed by atoms with Gasteiger partial charge in [-0.3, -0.25) is 0 Å². The molecule has 0 saturated heterocycles. The van der Waals surface area contributed by atoms with E-state index in [4.69, 9.17) is 5.11 Å². The highest BCUT2D eigenvalue weighted by atomic mass is 16.3. The summed E-state index contributed by atoms with van der Waals surface area (Å²) in [4.78, 5) is 0. The predicted molar refractivity (Wildman–Crippen MR) is 82.0 cm³/mol. The lowest BCUT2D eigenvalue weighted by Crippen LogP contribution is -2.35. The highest BCUT2D eigenvalue weighted by Crippen LogP contribution is 2.33. The van der Waals surface area contributed by atoms with Crippen LogP contribution in [0.2, 0.25) is 0 Å². The molecule has 1 unspecified atom stereocenters. The zero-order valence-electron chi connectivity index (χ0n) is 12.4. The van der Waals surface area contributed by atoms with Crippen molar-refractivity contribution >= 4 is 0 Å². The minimum atomic E-state index is 0.288. The average Bonchev–Trinajstić information content (AvgIpc) is 2.47. The van der Waals surface area contributed by atoms with Crippen LogP contribution in [0.15, 0.2) is 24.3 Å². The van der Waals surface area contributed by atoms with E-state index in [-0.39, 0.29) is 6.61 Å². The van der Waals surface area contributed by atoms with E-state index in [1.54, 1.807) is 12.1 Å². The van der Waals surface area contributed by atoms with Crippen LogP contribution in [0.4, 0.5) is 0 Å². The van der Waals surface area contributed by atoms with Gasteiger partial charge in [0.05, 0.1) is 0 Å². The molecular weight excluding hydrogens is 250 g/mol. The summed E-state index contributed by atoms with van der Waals surface area (Å²) in [5.74, 6) is 1.54. The molecule has 112 valence electrons. The topological polar surface area (TPSA) is 52.5 Å². The number of phenolic OH excluding ortho intramolecular Hbond substituents is 1. The fourth-order valence-corrected chi connectivity index (χ4v) is 3.07. The van der Waals surface area contributed by atoms with E-state index in [2.05, 4.69) is 24.4 Å². The van der Waals surface area contributed by atoms with Gasteiger partial charge < -0.3 is 15.5 Å². The molecule has 3 N–H and O–H groups in total. The van der Waals surface area contributed by atoms with Crippen LogP contribution < -0.4 is 5.32 Å². The van der Waals surface area contributed by atoms with E-state index in [0.29, 0.717) is 23.6 Å². The zero-order valence-corrected chi connectivity index (χ0v) is 12.4. The van der Waals surface area contributed by atoms with Crippen LogP contribution in [0.25, 0.3) is 0 Å². The van der Waals surface area contributed by atoms with Crippen molar-refractivity contribution in [1.82, 2.24) is 5.32 Å². The van der Waals surface area contributed by atoms with E-state index in [9.17, 15) is 5.11 Å². The quantitative estimate of drug-likeness (QED) is 0.749. The van der Waals surface area contributed by atoms with Gasteiger partial charge in [-0.2, -0.15) is 0 Å². The Morgan fingerprint density at radius 3 is 2.40 bits per heavy atom. The molecule has 1 aromatic rings. The fraction of sp³-hybridized carbons (Fsp3) is 0.647. The first-order valence-corrected chi connectivity index (χ1v) is 7.82. The number of rotatable bonds is 6. The molecule has 1 atom stereocenters. The summed E-state index contributed by atoms with van der Waals surface area (Å²) in [7, 11) is 0. The summed E-state index contributed by atoms with van der Waals surface area (Å²) < 4.78 is 0. The molecule has 0 aromatic heterocycles. The minimum Gasteiger partial charge on any atom is -0.508 e. The number of aliphatic hydroxyl groups excluding tert-OH is 1. The van der Waals surface area contributed by atoms with Gasteiger partial charge in [0.15, 0.2) is 0 Å². The van der Waals surface area contributed by atoms with Gasteiger partial charge in [0.1, 0.15) is 5.75 Å². The van der Waals surface area contributed by atoms with Gasteiger partial charge in [0.2, 0.25) is 0 Å². The van der Waals surface area contributed by atoms with Crippen LogP contribution in [0.1, 0.15) is 50.5 Å². The SMILES string of the molecule is CC(CCO)CNC1CCC(c2ccc(O)cc2)CC1. The van der Waals surface area contributed by atoms with Crippen LogP contribution in [0, 0.1) is 5.92 Å². The first kappa shape index (κ1) is 15.3. The third-order valence-corrected chi connectivity index (χ3v) is 4.47. The molecule has 1 aliphatic carbocycles. The first-order chi connectivity index (χ1) is 9.69. The molecule has 1 aliphatic rings. The maximum Gasteiger partial charge on any atom is 0.115 e. The molecule has 20 heavy (non-hydrogen) atoms. The van der Waals surface area contributed by atoms with Crippen molar-refractivity contribution in [3.63, 3.8) is 0 Å². The Kier molecular flexibility index (Phi) is 5.86. The Bertz CT molecular complexity index is 382. The van der Waals surface area contributed by atoms with E-state index < -0.39 is 0 Å². The van der Waals surface area contributed by atoms with Crippen molar-refractivity contribution in [3.05, 3.63) is 29.8 Å². The van der Waals surface area contributed by atoms with Gasteiger partial charge >= 0.3 is 0 Å². The van der Waals surface area contributed by atoms with Gasteiger partial charge in [0, 0.05) is 12.6 Å². The standard InChI is InChI=1S/C17H27NO2/c1-13(10-11-19)12-18-16-6-2-14(3-7-16)15-4-8-17(20)9-5-15/h4-5,8-9,13-14,16,18-20H,2-3,6-7,10-12H2,1H3. The van der Waals surface area contributed by atoms with Gasteiger partial charge in [-0.05, 0) is 68.2 Å². The van der Waals surface area contributed by atoms with E-state index in [1.165, 1.54) is 31.2 Å². The largest absolute Gasteiger partial charge is 0.508 e. The molecule has 0 aliphatic heterocycles. The number of nitrogens with one attached hydrogen (secondary N) is 1. The molecule has 1 saturated carbocycles. The van der Waals surface area contributed by atoms with Gasteiger partial charge in [0.25, 0.3) is 0 Å². The molecule has 0 bridgehead atoms. The van der Waals surface area contributed by atoms with E-state index >= 15 is 0 Å². The minimum absolute atomic E-state index is 0.288. The monoisotopic (exact) mass is 277 g/mol. The number of phenols is 1. The third-order valence-electron chi connectivity index (χ3n) is 4.47. The highest BCUT2D eigenvalue weighted by Gasteiger charge is 2.22. The maximum atomic E-state index is 9.33. The Morgan fingerprint density at radius 2 is 1.80 bits per heavy atom. The molecule has 2 rings (SSSR count). The molecule has 3 heteroatoms. The second kappa shape index (κ2) is 7.65. The number of benzene rings is 1. The summed E-state index contributed by atoms with van der Waals surface area (Å²) in [6, 6.07) is 8.31. The lowest BCUT2D eigenvalue weighted by molar-refractivity contribution is 0.252. The van der Waals surface area contributed by atoms with E-state index in [0.717, 1.165) is 13.0 Å². The summed E-state index contributed by atoms with van der Waals surface area (Å²) in [5, 5.41) is 21.9. The molecule has 0 amide bonds. The number of aromatic hydroxyl groups is 1. The second-order valence-electron chi connectivity index (χ2n) is 6.17. The lowest BCUT2D eigenvalue weighted by atomic mass is 9.81. The molecule has 1 aromatic carbocycles. The summed E-state index contributed by atoms with van der Waals surface area (Å²) >= 11 is 0. The molecular formula is C17H27NO2. The molecule has 1 fully saturated rings. The molecule has 0 heterocycles. The number of hydrogen-bond acceptors (Lipinski definition) is 3. The summed E-state index contributed by atoms with van der Waals surface area (Å²) in [5.41, 5.74) is 1.36. The van der Waals surface area contributed by atoms with Crippen LogP contribution in [0.5, 0.6) is 5.75 Å². The number of aliphatic hydroxyl groups is 1. The molecule has 0 spiro atoms. The Balaban J connectivity index is 1.73. The summed E-state index contributed by atoms with van der Waals surface area (Å²) in [6.07, 6.45) is 5.76. The fourth-order valence-electron chi connectivity index (χ4n) is 3.07. The van der Waals surface area contributed by atoms with Crippen LogP contribution in [-0.2, 0) is 0 Å². The van der Waals surface area contributed by atoms with Gasteiger partial charge in [-0.1, -0.05) is 19.1 Å². The van der Waals surface area contributed by atoms with Crippen molar-refractivity contribution in [2.24, 2.45) is 5.92 Å². The van der Waals surface area contributed by atoms with Crippen molar-refractivity contribution in [3.8, 4) is 5.75 Å². The van der Waals surface area contributed by atoms with Crippen molar-refractivity contribution < 1.29 is 10.2 Å². The smallest absolute Gasteiger partial charge is 0.115 e. The van der Waals surface area contributed by atoms with Crippen molar-refractivity contribution in [1.29, 1.82) is 0 Å². The van der Waals surface area contributed by atoms with Crippen LogP contribution in [-0.4, -0.2) is 29.4 Å². The van der Waals surface area contributed by atoms with Crippen molar-refractivity contribution in [2.75, 3.05) is 13.2 Å². The zero-order chi connectivity index (χ0) is 14.4. The average molecular weight is 277 g/mol. The van der Waals surface area contributed by atoms with Crippen LogP contribution in [0.3, 0.4) is 0 Å². The predicted octanol–water partition coefficient (Wildman–Crippen LogP) is 3.03. The normalized spacial score (nSPS) is 24.5. The van der Waals surface area contributed by atoms with E-state index in [1.807, 2.05) is 0 Å². The molecule has 3 nitrogen and oxygen atoms in total. The Labute approximate surface area is 122 Å². The summed E-state index contributed by atoms with van der Waals surface area (Å²) in [6.45, 7) is 3.48. The Hall–Kier alpha value is -1.06. The van der Waals surface area contributed by atoms with Crippen molar-refractivity contribution in [2.45, 2.75) is 51.0 Å². The molecule has 0 radical (unpaired) electrons. The third kappa shape index (κ3) is 4.50. The highest BCUT2D eigenvalue weighted by molar-refractivity contribution is 5.28. The van der Waals surface area contributed by atoms with Gasteiger partial charge in [-0.15, -0.1) is 0 Å². The Morgan fingerprint density at radius 1 is 1.15 bits per heavy atom. The maximum absolute atomic E-state index is 9.33.